The standard InChI is InChI=1S/C14H17ClFN5/c1-21(2)8-10-4-3-9(5-11(10)16)7-18-13-6-12(15)19-14(17)20-13/h3-6H,7-8H2,1-2H3,(H3,17,18,19,20). The molecule has 0 bridgehead atoms. The Kier molecular flexibility index (Phi) is 4.93. The van der Waals surface area contributed by atoms with E-state index in [1.807, 2.05) is 25.1 Å². The molecule has 0 fully saturated rings. The molecule has 1 aromatic heterocycles. The molecule has 7 heteroatoms. The molecule has 0 spiro atoms. The number of anilines is 2. The molecule has 0 aliphatic carbocycles. The lowest BCUT2D eigenvalue weighted by Gasteiger charge is -2.12. The summed E-state index contributed by atoms with van der Waals surface area (Å²) in [5.41, 5.74) is 6.98. The van der Waals surface area contributed by atoms with Crippen LogP contribution in [-0.2, 0) is 13.1 Å². The highest BCUT2D eigenvalue weighted by atomic mass is 35.5. The molecule has 0 aliphatic rings. The molecular weight excluding hydrogens is 293 g/mol. The van der Waals surface area contributed by atoms with Crippen LogP contribution >= 0.6 is 11.6 Å². The number of nitrogen functional groups attached to an aromatic ring is 1. The molecule has 0 aliphatic heterocycles. The first kappa shape index (κ1) is 15.5. The van der Waals surface area contributed by atoms with Crippen LogP contribution < -0.4 is 11.1 Å². The molecule has 2 rings (SSSR count). The minimum atomic E-state index is -0.219. The molecule has 1 heterocycles. The zero-order valence-electron chi connectivity index (χ0n) is 11.9. The Hall–Kier alpha value is -1.92. The molecule has 2 aromatic rings. The molecule has 0 amide bonds. The largest absolute Gasteiger partial charge is 0.368 e. The highest BCUT2D eigenvalue weighted by Gasteiger charge is 2.06. The van der Waals surface area contributed by atoms with Gasteiger partial charge in [0, 0.05) is 24.7 Å². The van der Waals surface area contributed by atoms with E-state index in [1.54, 1.807) is 12.1 Å². The first-order chi connectivity index (χ1) is 9.94. The van der Waals surface area contributed by atoms with E-state index in [9.17, 15) is 4.39 Å². The van der Waals surface area contributed by atoms with Gasteiger partial charge in [-0.15, -0.1) is 0 Å². The highest BCUT2D eigenvalue weighted by molar-refractivity contribution is 6.29. The quantitative estimate of drug-likeness (QED) is 0.831. The number of nitrogens with one attached hydrogen (secondary N) is 1. The summed E-state index contributed by atoms with van der Waals surface area (Å²) in [5, 5.41) is 3.30. The second kappa shape index (κ2) is 6.69. The second-order valence-corrected chi connectivity index (χ2v) is 5.34. The molecule has 0 radical (unpaired) electrons. The Bertz CT molecular complexity index is 613. The third-order valence-electron chi connectivity index (χ3n) is 2.79. The van der Waals surface area contributed by atoms with E-state index >= 15 is 0 Å². The topological polar surface area (TPSA) is 67.1 Å². The molecular formula is C14H17ClFN5. The number of halogens is 2. The normalized spacial score (nSPS) is 10.9. The van der Waals surface area contributed by atoms with E-state index in [1.165, 1.54) is 6.07 Å². The number of nitrogens with zero attached hydrogens (tertiary/aromatic N) is 3. The average molecular weight is 310 g/mol. The van der Waals surface area contributed by atoms with Gasteiger partial charge in [-0.05, 0) is 25.7 Å². The van der Waals surface area contributed by atoms with Gasteiger partial charge in [0.2, 0.25) is 5.95 Å². The van der Waals surface area contributed by atoms with E-state index in [2.05, 4.69) is 15.3 Å². The molecule has 0 saturated carbocycles. The number of nitrogens with two attached hydrogens (primary N) is 1. The van der Waals surface area contributed by atoms with Gasteiger partial charge in [0.15, 0.2) is 0 Å². The van der Waals surface area contributed by atoms with Gasteiger partial charge < -0.3 is 16.0 Å². The molecule has 21 heavy (non-hydrogen) atoms. The maximum atomic E-state index is 13.9. The Morgan fingerprint density at radius 2 is 2.05 bits per heavy atom. The maximum Gasteiger partial charge on any atom is 0.223 e. The van der Waals surface area contributed by atoms with E-state index in [0.29, 0.717) is 24.5 Å². The first-order valence-electron chi connectivity index (χ1n) is 6.40. The van der Waals surface area contributed by atoms with Gasteiger partial charge in [-0.1, -0.05) is 23.7 Å². The number of rotatable bonds is 5. The Labute approximate surface area is 128 Å². The van der Waals surface area contributed by atoms with Crippen molar-refractivity contribution in [1.82, 2.24) is 14.9 Å². The van der Waals surface area contributed by atoms with Crippen molar-refractivity contribution < 1.29 is 4.39 Å². The van der Waals surface area contributed by atoms with Crippen molar-refractivity contribution in [3.8, 4) is 0 Å². The fourth-order valence-corrected chi connectivity index (χ4v) is 2.08. The van der Waals surface area contributed by atoms with Crippen molar-refractivity contribution in [2.45, 2.75) is 13.1 Å². The van der Waals surface area contributed by atoms with Gasteiger partial charge in [0.1, 0.15) is 16.8 Å². The number of aromatic nitrogens is 2. The number of hydrogen-bond acceptors (Lipinski definition) is 5. The van der Waals surface area contributed by atoms with Crippen molar-refractivity contribution in [3.05, 3.63) is 46.4 Å². The van der Waals surface area contributed by atoms with Crippen LogP contribution in [-0.4, -0.2) is 29.0 Å². The van der Waals surface area contributed by atoms with Crippen LogP contribution in [0.5, 0.6) is 0 Å². The van der Waals surface area contributed by atoms with Gasteiger partial charge in [0.05, 0.1) is 0 Å². The summed E-state index contributed by atoms with van der Waals surface area (Å²) in [7, 11) is 3.80. The summed E-state index contributed by atoms with van der Waals surface area (Å²) in [6, 6.07) is 6.74. The van der Waals surface area contributed by atoms with Crippen LogP contribution in [0.1, 0.15) is 11.1 Å². The molecule has 0 unspecified atom stereocenters. The lowest BCUT2D eigenvalue weighted by Crippen LogP contribution is -2.12. The van der Waals surface area contributed by atoms with Gasteiger partial charge in [-0.2, -0.15) is 4.98 Å². The van der Waals surface area contributed by atoms with Crippen molar-refractivity contribution in [3.63, 3.8) is 0 Å². The van der Waals surface area contributed by atoms with Crippen LogP contribution in [0.4, 0.5) is 16.2 Å². The third-order valence-corrected chi connectivity index (χ3v) is 2.98. The van der Waals surface area contributed by atoms with Gasteiger partial charge in [-0.3, -0.25) is 0 Å². The minimum absolute atomic E-state index is 0.0949. The Morgan fingerprint density at radius 3 is 2.67 bits per heavy atom. The summed E-state index contributed by atoms with van der Waals surface area (Å²) < 4.78 is 13.9. The molecule has 1 aromatic carbocycles. The lowest BCUT2D eigenvalue weighted by atomic mass is 10.1. The van der Waals surface area contributed by atoms with Crippen molar-refractivity contribution in [2.75, 3.05) is 25.1 Å². The third kappa shape index (κ3) is 4.54. The predicted molar refractivity (Wildman–Crippen MR) is 82.6 cm³/mol. The smallest absolute Gasteiger partial charge is 0.223 e. The predicted octanol–water partition coefficient (Wildman–Crippen LogP) is 2.53. The van der Waals surface area contributed by atoms with Gasteiger partial charge >= 0.3 is 0 Å². The monoisotopic (exact) mass is 309 g/mol. The van der Waals surface area contributed by atoms with Crippen molar-refractivity contribution >= 4 is 23.4 Å². The van der Waals surface area contributed by atoms with E-state index in [4.69, 9.17) is 17.3 Å². The van der Waals surface area contributed by atoms with Crippen LogP contribution in [0, 0.1) is 5.82 Å². The molecule has 5 nitrogen and oxygen atoms in total. The van der Waals surface area contributed by atoms with Gasteiger partial charge in [0.25, 0.3) is 0 Å². The van der Waals surface area contributed by atoms with Crippen LogP contribution in [0.25, 0.3) is 0 Å². The summed E-state index contributed by atoms with van der Waals surface area (Å²) in [6.07, 6.45) is 0. The number of benzene rings is 1. The van der Waals surface area contributed by atoms with E-state index < -0.39 is 0 Å². The summed E-state index contributed by atoms with van der Waals surface area (Å²) in [6.45, 7) is 0.990. The molecule has 112 valence electrons. The summed E-state index contributed by atoms with van der Waals surface area (Å²) in [5.74, 6) is 0.381. The van der Waals surface area contributed by atoms with Crippen LogP contribution in [0.2, 0.25) is 5.15 Å². The van der Waals surface area contributed by atoms with Crippen LogP contribution in [0.15, 0.2) is 24.3 Å². The highest BCUT2D eigenvalue weighted by Crippen LogP contribution is 2.15. The van der Waals surface area contributed by atoms with Gasteiger partial charge in [-0.25, -0.2) is 9.37 Å². The Balaban J connectivity index is 2.05. The maximum absolute atomic E-state index is 13.9. The van der Waals surface area contributed by atoms with Crippen molar-refractivity contribution in [1.29, 1.82) is 0 Å². The SMILES string of the molecule is CN(C)Cc1ccc(CNc2cc(Cl)nc(N)n2)cc1F. The molecule has 0 atom stereocenters. The van der Waals surface area contributed by atoms with E-state index in [-0.39, 0.29) is 16.9 Å². The van der Waals surface area contributed by atoms with Crippen LogP contribution in [0.3, 0.4) is 0 Å². The minimum Gasteiger partial charge on any atom is -0.368 e. The van der Waals surface area contributed by atoms with Crippen molar-refractivity contribution in [2.24, 2.45) is 0 Å². The Morgan fingerprint density at radius 1 is 1.29 bits per heavy atom. The zero-order valence-corrected chi connectivity index (χ0v) is 12.7. The molecule has 3 N–H and O–H groups in total. The summed E-state index contributed by atoms with van der Waals surface area (Å²) in [4.78, 5) is 9.69. The average Bonchev–Trinajstić information content (AvgIpc) is 2.38. The van der Waals surface area contributed by atoms with E-state index in [0.717, 1.165) is 5.56 Å². The summed E-state index contributed by atoms with van der Waals surface area (Å²) >= 11 is 5.79. The second-order valence-electron chi connectivity index (χ2n) is 4.95. The molecule has 0 saturated heterocycles. The number of hydrogen-bond donors (Lipinski definition) is 2. The lowest BCUT2D eigenvalue weighted by molar-refractivity contribution is 0.392. The fourth-order valence-electron chi connectivity index (χ4n) is 1.89. The zero-order chi connectivity index (χ0) is 15.4. The first-order valence-corrected chi connectivity index (χ1v) is 6.78. The fraction of sp³-hybridized carbons (Fsp3) is 0.286.